The van der Waals surface area contributed by atoms with Crippen LogP contribution in [-0.2, 0) is 16.2 Å². The van der Waals surface area contributed by atoms with Crippen molar-refractivity contribution in [3.8, 4) is 33.6 Å². The van der Waals surface area contributed by atoms with Crippen LogP contribution in [0.1, 0.15) is 75.2 Å². The van der Waals surface area contributed by atoms with Crippen molar-refractivity contribution in [2.24, 2.45) is 0 Å². The third-order valence-corrected chi connectivity index (χ3v) is 9.28. The maximum Gasteiger partial charge on any atom is 0.106 e. The molecule has 2 heterocycles. The molecule has 0 atom stereocenters. The Bertz CT molecular complexity index is 1860. The zero-order valence-electron chi connectivity index (χ0n) is 27.1. The van der Waals surface area contributed by atoms with Crippen molar-refractivity contribution < 1.29 is 0 Å². The van der Waals surface area contributed by atoms with Gasteiger partial charge in [0, 0.05) is 11.1 Å². The van der Waals surface area contributed by atoms with Crippen LogP contribution in [0.25, 0.3) is 33.6 Å². The maximum atomic E-state index is 5.52. The van der Waals surface area contributed by atoms with Crippen LogP contribution in [0.2, 0.25) is 0 Å². The van der Waals surface area contributed by atoms with Gasteiger partial charge in [0.2, 0.25) is 0 Å². The monoisotopic (exact) mass is 584 g/mol. The SMILES string of the molecule is CC(C)(C)c1ccc2c(c1)C(c1cccc(-c3ccccc3)n1)(c1cccc(-c3ccccc3)n1)c1cc(C(C)(C)C)ccc1-2. The molecule has 0 fully saturated rings. The van der Waals surface area contributed by atoms with E-state index in [1.54, 1.807) is 0 Å². The highest BCUT2D eigenvalue weighted by Crippen LogP contribution is 2.57. The molecule has 1 aliphatic rings. The van der Waals surface area contributed by atoms with E-state index in [0.29, 0.717) is 0 Å². The van der Waals surface area contributed by atoms with Crippen molar-refractivity contribution in [1.82, 2.24) is 9.97 Å². The van der Waals surface area contributed by atoms with E-state index in [4.69, 9.17) is 9.97 Å². The number of rotatable bonds is 4. The molecule has 222 valence electrons. The van der Waals surface area contributed by atoms with Crippen molar-refractivity contribution >= 4 is 0 Å². The summed E-state index contributed by atoms with van der Waals surface area (Å²) in [7, 11) is 0. The van der Waals surface area contributed by atoms with Crippen molar-refractivity contribution in [3.05, 3.63) is 167 Å². The molecule has 0 saturated heterocycles. The Balaban J connectivity index is 1.62. The lowest BCUT2D eigenvalue weighted by Crippen LogP contribution is -2.32. The first-order chi connectivity index (χ1) is 21.6. The Morgan fingerprint density at radius 2 is 0.822 bits per heavy atom. The predicted molar refractivity (Wildman–Crippen MR) is 188 cm³/mol. The lowest BCUT2D eigenvalue weighted by molar-refractivity contribution is 0.584. The zero-order chi connectivity index (χ0) is 31.4. The number of aromatic nitrogens is 2. The Hall–Kier alpha value is -4.82. The van der Waals surface area contributed by atoms with Gasteiger partial charge in [-0.3, -0.25) is 9.97 Å². The summed E-state index contributed by atoms with van der Waals surface area (Å²) in [5.41, 5.74) is 12.9. The molecular weight excluding hydrogens is 544 g/mol. The minimum absolute atomic E-state index is 0.0231. The van der Waals surface area contributed by atoms with Crippen LogP contribution in [-0.4, -0.2) is 9.97 Å². The van der Waals surface area contributed by atoms with E-state index in [1.807, 2.05) is 0 Å². The van der Waals surface area contributed by atoms with Gasteiger partial charge >= 0.3 is 0 Å². The standard InChI is InChI=1S/C43H40N2/c1-41(2,3)31-23-25-33-34-26-24-32(42(4,5)6)28-36(34)43(35(33)27-31,39-21-13-19-37(44-39)29-15-9-7-10-16-29)40-22-14-20-38(45-40)30-17-11-8-12-18-30/h7-28H,1-6H3. The third kappa shape index (κ3) is 4.90. The second-order valence-corrected chi connectivity index (χ2v) is 14.3. The molecule has 0 aliphatic heterocycles. The summed E-state index contributed by atoms with van der Waals surface area (Å²) in [6.07, 6.45) is 0. The van der Waals surface area contributed by atoms with Crippen molar-refractivity contribution in [3.63, 3.8) is 0 Å². The number of fused-ring (bicyclic) bond motifs is 3. The fraction of sp³-hybridized carbons (Fsp3) is 0.209. The van der Waals surface area contributed by atoms with E-state index in [2.05, 4.69) is 175 Å². The Labute approximate surface area is 267 Å². The molecule has 7 rings (SSSR count). The molecule has 2 aromatic heterocycles. The van der Waals surface area contributed by atoms with E-state index in [9.17, 15) is 0 Å². The van der Waals surface area contributed by atoms with E-state index < -0.39 is 5.41 Å². The number of hydrogen-bond donors (Lipinski definition) is 0. The fourth-order valence-corrected chi connectivity index (χ4v) is 6.77. The molecule has 2 heteroatoms. The van der Waals surface area contributed by atoms with Gasteiger partial charge in [0.05, 0.1) is 22.8 Å². The summed E-state index contributed by atoms with van der Waals surface area (Å²) in [5, 5.41) is 0. The summed E-state index contributed by atoms with van der Waals surface area (Å²) in [5.74, 6) is 0. The number of pyridine rings is 2. The van der Waals surface area contributed by atoms with E-state index in [0.717, 1.165) is 33.9 Å². The normalized spacial score (nSPS) is 13.7. The maximum absolute atomic E-state index is 5.52. The summed E-state index contributed by atoms with van der Waals surface area (Å²) in [6.45, 7) is 13.7. The molecule has 45 heavy (non-hydrogen) atoms. The van der Waals surface area contributed by atoms with Crippen molar-refractivity contribution in [2.45, 2.75) is 57.8 Å². The predicted octanol–water partition coefficient (Wildman–Crippen LogP) is 10.8. The smallest absolute Gasteiger partial charge is 0.106 e. The molecule has 0 amide bonds. The Kier molecular flexibility index (Phi) is 6.85. The van der Waals surface area contributed by atoms with Gasteiger partial charge in [0.15, 0.2) is 0 Å². The van der Waals surface area contributed by atoms with Gasteiger partial charge in [0.25, 0.3) is 0 Å². The quantitative estimate of drug-likeness (QED) is 0.206. The molecule has 0 bridgehead atoms. The molecule has 0 unspecified atom stereocenters. The largest absolute Gasteiger partial charge is 0.251 e. The van der Waals surface area contributed by atoms with Crippen LogP contribution >= 0.6 is 0 Å². The van der Waals surface area contributed by atoms with Gasteiger partial charge < -0.3 is 0 Å². The summed E-state index contributed by atoms with van der Waals surface area (Å²) < 4.78 is 0. The second kappa shape index (κ2) is 10.7. The van der Waals surface area contributed by atoms with Crippen LogP contribution < -0.4 is 0 Å². The minimum Gasteiger partial charge on any atom is -0.251 e. The van der Waals surface area contributed by atoms with Gasteiger partial charge in [-0.15, -0.1) is 0 Å². The summed E-state index contributed by atoms with van der Waals surface area (Å²) in [4.78, 5) is 11.0. The lowest BCUT2D eigenvalue weighted by Gasteiger charge is -2.34. The van der Waals surface area contributed by atoms with Gasteiger partial charge in [0.1, 0.15) is 5.41 Å². The van der Waals surface area contributed by atoms with E-state index in [-0.39, 0.29) is 10.8 Å². The Morgan fingerprint density at radius 1 is 0.422 bits per heavy atom. The molecule has 0 spiro atoms. The number of nitrogens with zero attached hydrogens (tertiary/aromatic N) is 2. The van der Waals surface area contributed by atoms with Crippen LogP contribution in [0.4, 0.5) is 0 Å². The van der Waals surface area contributed by atoms with Crippen molar-refractivity contribution in [2.75, 3.05) is 0 Å². The van der Waals surface area contributed by atoms with Gasteiger partial charge in [-0.05, 0) is 68.5 Å². The third-order valence-electron chi connectivity index (χ3n) is 9.28. The highest BCUT2D eigenvalue weighted by atomic mass is 14.8. The lowest BCUT2D eigenvalue weighted by atomic mass is 9.70. The molecule has 4 aromatic carbocycles. The molecule has 2 nitrogen and oxygen atoms in total. The highest BCUT2D eigenvalue weighted by molar-refractivity contribution is 5.86. The van der Waals surface area contributed by atoms with Gasteiger partial charge in [-0.2, -0.15) is 0 Å². The Morgan fingerprint density at radius 3 is 1.20 bits per heavy atom. The average molecular weight is 585 g/mol. The van der Waals surface area contributed by atoms with E-state index >= 15 is 0 Å². The first-order valence-corrected chi connectivity index (χ1v) is 15.9. The highest BCUT2D eigenvalue weighted by Gasteiger charge is 2.49. The summed E-state index contributed by atoms with van der Waals surface area (Å²) >= 11 is 0. The van der Waals surface area contributed by atoms with Crippen LogP contribution in [0.5, 0.6) is 0 Å². The second-order valence-electron chi connectivity index (χ2n) is 14.3. The first-order valence-electron chi connectivity index (χ1n) is 15.9. The average Bonchev–Trinajstić information content (AvgIpc) is 3.35. The first kappa shape index (κ1) is 28.9. The molecule has 1 aliphatic carbocycles. The van der Waals surface area contributed by atoms with E-state index in [1.165, 1.54) is 33.4 Å². The fourth-order valence-electron chi connectivity index (χ4n) is 6.77. The molecule has 0 N–H and O–H groups in total. The zero-order valence-corrected chi connectivity index (χ0v) is 27.1. The van der Waals surface area contributed by atoms with Gasteiger partial charge in [-0.25, -0.2) is 0 Å². The summed E-state index contributed by atoms with van der Waals surface area (Å²) in [6, 6.07) is 48.1. The van der Waals surface area contributed by atoms with Crippen molar-refractivity contribution in [1.29, 1.82) is 0 Å². The molecule has 0 saturated carbocycles. The molecular formula is C43H40N2. The van der Waals surface area contributed by atoms with Crippen LogP contribution in [0, 0.1) is 0 Å². The minimum atomic E-state index is -0.719. The molecule has 6 aromatic rings. The number of benzene rings is 4. The van der Waals surface area contributed by atoms with Crippen LogP contribution in [0.15, 0.2) is 133 Å². The van der Waals surface area contributed by atoms with Crippen LogP contribution in [0.3, 0.4) is 0 Å². The van der Waals surface area contributed by atoms with Gasteiger partial charge in [-0.1, -0.05) is 151 Å². The molecule has 0 radical (unpaired) electrons. The topological polar surface area (TPSA) is 25.8 Å². The number of hydrogen-bond acceptors (Lipinski definition) is 2.